The Balaban J connectivity index is 0. The highest BCUT2D eigenvalue weighted by molar-refractivity contribution is 5.56. The number of carbonyl (C=O) groups excluding carboxylic acids is 1. The van der Waals surface area contributed by atoms with Gasteiger partial charge < -0.3 is 36.5 Å². The van der Waals surface area contributed by atoms with Crippen LogP contribution in [0.4, 0.5) is 0 Å². The first-order valence-electron chi connectivity index (χ1n) is 3.33. The number of aliphatic hydroxyl groups is 5. The lowest BCUT2D eigenvalue weighted by Gasteiger charge is -2.22. The van der Waals surface area contributed by atoms with Gasteiger partial charge in [0.1, 0.15) is 24.4 Å². The summed E-state index contributed by atoms with van der Waals surface area (Å²) in [6.07, 6.45) is -6.84. The molecule has 8 N–H and O–H groups in total. The van der Waals surface area contributed by atoms with Crippen LogP contribution >= 0.6 is 0 Å². The number of aldehydes is 1. The van der Waals surface area contributed by atoms with Crippen molar-refractivity contribution in [1.82, 2.24) is 6.15 Å². The third-order valence-corrected chi connectivity index (χ3v) is 1.42. The lowest BCUT2D eigenvalue weighted by atomic mass is 10.0. The molecule has 13 heavy (non-hydrogen) atoms. The fourth-order valence-electron chi connectivity index (χ4n) is 0.618. The maximum Gasteiger partial charge on any atom is 0.151 e. The zero-order valence-corrected chi connectivity index (χ0v) is 6.95. The van der Waals surface area contributed by atoms with Gasteiger partial charge in [-0.15, -0.1) is 0 Å². The van der Waals surface area contributed by atoms with Crippen molar-refractivity contribution in [2.45, 2.75) is 24.4 Å². The first-order valence-corrected chi connectivity index (χ1v) is 3.33. The van der Waals surface area contributed by atoms with E-state index in [1.54, 1.807) is 0 Å². The van der Waals surface area contributed by atoms with Crippen molar-refractivity contribution in [3.8, 4) is 0 Å². The smallest absolute Gasteiger partial charge is 0.151 e. The predicted molar refractivity (Wildman–Crippen MR) is 42.2 cm³/mol. The van der Waals surface area contributed by atoms with E-state index in [1.165, 1.54) is 0 Å². The summed E-state index contributed by atoms with van der Waals surface area (Å²) < 4.78 is 0. The largest absolute Gasteiger partial charge is 0.394 e. The fraction of sp³-hybridized carbons (Fsp3) is 0.833. The molecule has 0 aliphatic carbocycles. The van der Waals surface area contributed by atoms with E-state index in [9.17, 15) is 4.79 Å². The Hall–Kier alpha value is -0.570. The molecule has 0 saturated heterocycles. The van der Waals surface area contributed by atoms with Crippen LogP contribution in [-0.2, 0) is 4.79 Å². The summed E-state index contributed by atoms with van der Waals surface area (Å²) in [6.45, 7) is -0.760. The summed E-state index contributed by atoms with van der Waals surface area (Å²) in [7, 11) is 0. The summed E-state index contributed by atoms with van der Waals surface area (Å²) in [5.41, 5.74) is 0. The minimum Gasteiger partial charge on any atom is -0.394 e. The van der Waals surface area contributed by atoms with Crippen LogP contribution in [0.1, 0.15) is 0 Å². The predicted octanol–water partition coefficient (Wildman–Crippen LogP) is -3.22. The second kappa shape index (κ2) is 6.89. The van der Waals surface area contributed by atoms with E-state index in [2.05, 4.69) is 0 Å². The molecule has 7 nitrogen and oxygen atoms in total. The summed E-state index contributed by atoms with van der Waals surface area (Å²) in [6, 6.07) is 0. The summed E-state index contributed by atoms with van der Waals surface area (Å²) in [5, 5.41) is 43.5. The maximum absolute atomic E-state index is 9.90. The molecule has 0 aliphatic rings. The van der Waals surface area contributed by atoms with Crippen molar-refractivity contribution in [3.05, 3.63) is 0 Å². The molecule has 80 valence electrons. The molecule has 0 radical (unpaired) electrons. The molecule has 0 aromatic heterocycles. The molecular formula is C6H15NO6. The standard InChI is InChI=1S/C6H12O6.H3N/c7-1-3(9)5(11)6(12)4(10)2-8;/h1,3-6,8-12H,2H2;1H3/t3-,4-,5-,6-;/m1./s1. The summed E-state index contributed by atoms with van der Waals surface area (Å²) in [5.74, 6) is 0. The van der Waals surface area contributed by atoms with Gasteiger partial charge in [-0.1, -0.05) is 0 Å². The fourth-order valence-corrected chi connectivity index (χ4v) is 0.618. The van der Waals surface area contributed by atoms with Crippen LogP contribution in [-0.4, -0.2) is 62.8 Å². The van der Waals surface area contributed by atoms with Crippen LogP contribution in [0.3, 0.4) is 0 Å². The molecule has 7 heteroatoms. The van der Waals surface area contributed by atoms with Crippen molar-refractivity contribution in [2.75, 3.05) is 6.61 Å². The lowest BCUT2D eigenvalue weighted by molar-refractivity contribution is -0.136. The van der Waals surface area contributed by atoms with Crippen LogP contribution in [0.2, 0.25) is 0 Å². The molecule has 0 amide bonds. The molecule has 0 aromatic carbocycles. The molecule has 0 aliphatic heterocycles. The van der Waals surface area contributed by atoms with E-state index in [0.29, 0.717) is 0 Å². The van der Waals surface area contributed by atoms with Gasteiger partial charge >= 0.3 is 0 Å². The average Bonchev–Trinajstić information content (AvgIpc) is 2.12. The van der Waals surface area contributed by atoms with Gasteiger partial charge in [-0.25, -0.2) is 0 Å². The second-order valence-corrected chi connectivity index (χ2v) is 2.36. The van der Waals surface area contributed by atoms with E-state index in [1.807, 2.05) is 0 Å². The monoisotopic (exact) mass is 197 g/mol. The van der Waals surface area contributed by atoms with Crippen molar-refractivity contribution < 1.29 is 30.3 Å². The SMILES string of the molecule is N.O=C[C@@H](O)[C@@H](O)[C@H](O)[C@H](O)CO. The molecular weight excluding hydrogens is 182 g/mol. The molecule has 0 unspecified atom stereocenters. The van der Waals surface area contributed by atoms with Gasteiger partial charge in [0.2, 0.25) is 0 Å². The number of hydrogen-bond donors (Lipinski definition) is 6. The number of carbonyl (C=O) groups is 1. The van der Waals surface area contributed by atoms with Gasteiger partial charge in [-0.3, -0.25) is 0 Å². The van der Waals surface area contributed by atoms with Gasteiger partial charge in [-0.05, 0) is 0 Å². The Morgan fingerprint density at radius 2 is 1.54 bits per heavy atom. The Kier molecular flexibility index (Phi) is 7.92. The van der Waals surface area contributed by atoms with Crippen LogP contribution in [0.5, 0.6) is 0 Å². The minimum absolute atomic E-state index is 0. The summed E-state index contributed by atoms with van der Waals surface area (Å²) in [4.78, 5) is 9.90. The quantitative estimate of drug-likeness (QED) is 0.253. The maximum atomic E-state index is 9.90. The Bertz CT molecular complexity index is 143. The first kappa shape index (κ1) is 14.9. The second-order valence-electron chi connectivity index (χ2n) is 2.36. The normalized spacial score (nSPS) is 19.5. The molecule has 0 rings (SSSR count). The van der Waals surface area contributed by atoms with E-state index < -0.39 is 31.0 Å². The molecule has 0 heterocycles. The van der Waals surface area contributed by atoms with Crippen LogP contribution < -0.4 is 6.15 Å². The molecule has 0 bridgehead atoms. The van der Waals surface area contributed by atoms with E-state index in [-0.39, 0.29) is 12.4 Å². The number of rotatable bonds is 5. The average molecular weight is 197 g/mol. The Morgan fingerprint density at radius 1 is 1.08 bits per heavy atom. The first-order chi connectivity index (χ1) is 5.54. The third kappa shape index (κ3) is 4.27. The van der Waals surface area contributed by atoms with Crippen molar-refractivity contribution in [2.24, 2.45) is 0 Å². The molecule has 0 aromatic rings. The highest BCUT2D eigenvalue weighted by Gasteiger charge is 2.29. The molecule has 0 fully saturated rings. The van der Waals surface area contributed by atoms with Crippen LogP contribution in [0.25, 0.3) is 0 Å². The van der Waals surface area contributed by atoms with Gasteiger partial charge in [0, 0.05) is 0 Å². The van der Waals surface area contributed by atoms with Crippen LogP contribution in [0, 0.1) is 0 Å². The van der Waals surface area contributed by atoms with Gasteiger partial charge in [0.05, 0.1) is 6.61 Å². The van der Waals surface area contributed by atoms with Crippen molar-refractivity contribution >= 4 is 6.29 Å². The zero-order chi connectivity index (χ0) is 9.72. The van der Waals surface area contributed by atoms with Crippen LogP contribution in [0.15, 0.2) is 0 Å². The van der Waals surface area contributed by atoms with Gasteiger partial charge in [0.25, 0.3) is 0 Å². The molecule has 4 atom stereocenters. The Labute approximate surface area is 74.8 Å². The topological polar surface area (TPSA) is 153 Å². The third-order valence-electron chi connectivity index (χ3n) is 1.42. The van der Waals surface area contributed by atoms with Crippen molar-refractivity contribution in [3.63, 3.8) is 0 Å². The van der Waals surface area contributed by atoms with Gasteiger partial charge in [-0.2, -0.15) is 0 Å². The molecule has 0 saturated carbocycles. The highest BCUT2D eigenvalue weighted by atomic mass is 16.4. The van der Waals surface area contributed by atoms with E-state index >= 15 is 0 Å². The van der Waals surface area contributed by atoms with E-state index in [0.717, 1.165) is 0 Å². The Morgan fingerprint density at radius 3 is 1.85 bits per heavy atom. The van der Waals surface area contributed by atoms with E-state index in [4.69, 9.17) is 25.5 Å². The zero-order valence-electron chi connectivity index (χ0n) is 6.95. The van der Waals surface area contributed by atoms with Crippen molar-refractivity contribution in [1.29, 1.82) is 0 Å². The highest BCUT2D eigenvalue weighted by Crippen LogP contribution is 2.02. The minimum atomic E-state index is -1.79. The lowest BCUT2D eigenvalue weighted by Crippen LogP contribution is -2.46. The number of hydrogen-bond acceptors (Lipinski definition) is 7. The summed E-state index contributed by atoms with van der Waals surface area (Å²) >= 11 is 0. The molecule has 0 spiro atoms. The number of aliphatic hydroxyl groups excluding tert-OH is 5. The van der Waals surface area contributed by atoms with Gasteiger partial charge in [0.15, 0.2) is 6.29 Å².